The number of carbonyl (C=O) groups is 3. The van der Waals surface area contributed by atoms with Gasteiger partial charge in [-0.15, -0.1) is 0 Å². The van der Waals surface area contributed by atoms with E-state index in [1.54, 1.807) is 48.5 Å². The van der Waals surface area contributed by atoms with Crippen LogP contribution in [0.5, 0.6) is 5.75 Å². The minimum atomic E-state index is -0.924. The van der Waals surface area contributed by atoms with Gasteiger partial charge in [0.25, 0.3) is 5.91 Å². The van der Waals surface area contributed by atoms with Crippen LogP contribution in [0.4, 0.5) is 5.69 Å². The first-order valence-electron chi connectivity index (χ1n) is 8.13. The van der Waals surface area contributed by atoms with Crippen LogP contribution in [0.1, 0.15) is 29.8 Å². The van der Waals surface area contributed by atoms with E-state index in [1.165, 1.54) is 13.8 Å². The maximum atomic E-state index is 11.9. The van der Waals surface area contributed by atoms with Crippen LogP contribution in [0.2, 0.25) is 0 Å². The second-order valence-electron chi connectivity index (χ2n) is 5.69. The molecule has 1 amide bonds. The number of hydrogen-bond donors (Lipinski definition) is 1. The molecular weight excluding hydrogens is 348 g/mol. The van der Waals surface area contributed by atoms with Crippen LogP contribution in [0, 0.1) is 11.3 Å². The highest BCUT2D eigenvalue weighted by Gasteiger charge is 2.18. The van der Waals surface area contributed by atoms with Gasteiger partial charge >= 0.3 is 5.97 Å². The van der Waals surface area contributed by atoms with E-state index >= 15 is 0 Å². The quantitative estimate of drug-likeness (QED) is 0.597. The number of benzene rings is 2. The van der Waals surface area contributed by atoms with Crippen molar-refractivity contribution >= 4 is 23.3 Å². The summed E-state index contributed by atoms with van der Waals surface area (Å²) in [5.41, 5.74) is 1.38. The van der Waals surface area contributed by atoms with Gasteiger partial charge in [0.2, 0.25) is 0 Å². The minimum Gasteiger partial charge on any atom is -0.479 e. The van der Waals surface area contributed by atoms with Gasteiger partial charge in [-0.1, -0.05) is 12.1 Å². The Hall–Kier alpha value is -3.66. The molecule has 27 heavy (non-hydrogen) atoms. The first-order valence-corrected chi connectivity index (χ1v) is 8.13. The molecule has 0 aromatic heterocycles. The molecule has 138 valence electrons. The molecular formula is C20H18N2O5. The third kappa shape index (κ3) is 5.97. The van der Waals surface area contributed by atoms with Crippen molar-refractivity contribution in [3.05, 3.63) is 59.7 Å². The van der Waals surface area contributed by atoms with E-state index in [2.05, 4.69) is 5.32 Å². The zero-order valence-electron chi connectivity index (χ0n) is 14.9. The summed E-state index contributed by atoms with van der Waals surface area (Å²) in [7, 11) is 0. The van der Waals surface area contributed by atoms with Gasteiger partial charge in [0, 0.05) is 11.3 Å². The van der Waals surface area contributed by atoms with Crippen molar-refractivity contribution in [2.75, 3.05) is 11.9 Å². The summed E-state index contributed by atoms with van der Waals surface area (Å²) in [5.74, 6) is -0.947. The lowest BCUT2D eigenvalue weighted by Gasteiger charge is -2.14. The van der Waals surface area contributed by atoms with Crippen molar-refractivity contribution in [2.24, 2.45) is 0 Å². The van der Waals surface area contributed by atoms with Gasteiger partial charge in [-0.2, -0.15) is 5.26 Å². The number of carbonyl (C=O) groups excluding carboxylic acids is 3. The Bertz CT molecular complexity index is 884. The zero-order valence-corrected chi connectivity index (χ0v) is 14.9. The Morgan fingerprint density at radius 2 is 1.85 bits per heavy atom. The average Bonchev–Trinajstić information content (AvgIpc) is 2.66. The maximum Gasteiger partial charge on any atom is 0.347 e. The Morgan fingerprint density at radius 3 is 2.48 bits per heavy atom. The number of nitriles is 1. The van der Waals surface area contributed by atoms with E-state index in [9.17, 15) is 14.4 Å². The highest BCUT2D eigenvalue weighted by molar-refractivity contribution is 5.97. The van der Waals surface area contributed by atoms with Crippen molar-refractivity contribution < 1.29 is 23.9 Å². The molecule has 0 radical (unpaired) electrons. The van der Waals surface area contributed by atoms with Crippen LogP contribution in [-0.2, 0) is 14.3 Å². The van der Waals surface area contributed by atoms with Crippen molar-refractivity contribution in [1.82, 2.24) is 0 Å². The summed E-state index contributed by atoms with van der Waals surface area (Å²) in [6, 6.07) is 14.7. The summed E-state index contributed by atoms with van der Waals surface area (Å²) in [5, 5.41) is 11.3. The van der Waals surface area contributed by atoms with E-state index in [4.69, 9.17) is 14.7 Å². The largest absolute Gasteiger partial charge is 0.479 e. The number of rotatable bonds is 7. The Balaban J connectivity index is 1.83. The molecule has 0 aliphatic rings. The number of amides is 1. The molecule has 1 N–H and O–H groups in total. The monoisotopic (exact) mass is 366 g/mol. The van der Waals surface area contributed by atoms with Crippen LogP contribution >= 0.6 is 0 Å². The molecule has 2 aromatic carbocycles. The molecule has 7 heteroatoms. The minimum absolute atomic E-state index is 0.119. The number of nitrogens with one attached hydrogen (secondary N) is 1. The molecule has 1 atom stereocenters. The third-order valence-electron chi connectivity index (χ3n) is 3.53. The van der Waals surface area contributed by atoms with Crippen molar-refractivity contribution in [3.8, 4) is 11.8 Å². The SMILES string of the molecule is CC(=O)c1cccc(NC(=O)COC(=O)[C@H](C)Oc2ccc(C#N)cc2)c1. The number of Topliss-reactive ketones (excluding diaryl/α,β-unsaturated/α-hetero) is 1. The summed E-state index contributed by atoms with van der Waals surface area (Å²) < 4.78 is 10.4. The van der Waals surface area contributed by atoms with Crippen molar-refractivity contribution in [2.45, 2.75) is 20.0 Å². The van der Waals surface area contributed by atoms with Crippen molar-refractivity contribution in [3.63, 3.8) is 0 Å². The second-order valence-corrected chi connectivity index (χ2v) is 5.69. The lowest BCUT2D eigenvalue weighted by Crippen LogP contribution is -2.29. The van der Waals surface area contributed by atoms with Gasteiger partial charge in [0.1, 0.15) is 5.75 Å². The number of nitrogens with zero attached hydrogens (tertiary/aromatic N) is 1. The molecule has 0 aliphatic carbocycles. The summed E-state index contributed by atoms with van der Waals surface area (Å²) in [4.78, 5) is 35.2. The Morgan fingerprint density at radius 1 is 1.15 bits per heavy atom. The molecule has 2 aromatic rings. The molecule has 0 spiro atoms. The molecule has 2 rings (SSSR count). The zero-order chi connectivity index (χ0) is 19.8. The van der Waals surface area contributed by atoms with Gasteiger partial charge in [-0.3, -0.25) is 9.59 Å². The van der Waals surface area contributed by atoms with Crippen LogP contribution in [0.3, 0.4) is 0 Å². The fourth-order valence-electron chi connectivity index (χ4n) is 2.13. The first kappa shape index (κ1) is 19.7. The van der Waals surface area contributed by atoms with Crippen LogP contribution < -0.4 is 10.1 Å². The van der Waals surface area contributed by atoms with Crippen LogP contribution in [0.15, 0.2) is 48.5 Å². The Labute approximate surface area is 156 Å². The van der Waals surface area contributed by atoms with Crippen molar-refractivity contribution in [1.29, 1.82) is 5.26 Å². The normalized spacial score (nSPS) is 11.0. The lowest BCUT2D eigenvalue weighted by molar-refractivity contribution is -0.153. The average molecular weight is 366 g/mol. The second kappa shape index (κ2) is 9.15. The van der Waals surface area contributed by atoms with E-state index in [0.29, 0.717) is 22.6 Å². The van der Waals surface area contributed by atoms with Gasteiger partial charge in [-0.05, 0) is 50.2 Å². The first-order chi connectivity index (χ1) is 12.9. The maximum absolute atomic E-state index is 11.9. The molecule has 0 unspecified atom stereocenters. The fraction of sp³-hybridized carbons (Fsp3) is 0.200. The van der Waals surface area contributed by atoms with E-state index in [0.717, 1.165) is 0 Å². The fourth-order valence-corrected chi connectivity index (χ4v) is 2.13. The molecule has 0 bridgehead atoms. The summed E-state index contributed by atoms with van der Waals surface area (Å²) in [6.45, 7) is 2.44. The van der Waals surface area contributed by atoms with Crippen LogP contribution in [-0.4, -0.2) is 30.4 Å². The highest BCUT2D eigenvalue weighted by atomic mass is 16.6. The molecule has 0 fully saturated rings. The highest BCUT2D eigenvalue weighted by Crippen LogP contribution is 2.14. The number of ketones is 1. The molecule has 0 saturated heterocycles. The topological polar surface area (TPSA) is 105 Å². The van der Waals surface area contributed by atoms with Gasteiger partial charge in [0.15, 0.2) is 18.5 Å². The summed E-state index contributed by atoms with van der Waals surface area (Å²) in [6.07, 6.45) is -0.924. The molecule has 0 saturated carbocycles. The molecule has 7 nitrogen and oxygen atoms in total. The molecule has 0 heterocycles. The van der Waals surface area contributed by atoms with E-state index in [-0.39, 0.29) is 5.78 Å². The predicted molar refractivity (Wildman–Crippen MR) is 97.3 cm³/mol. The van der Waals surface area contributed by atoms with E-state index < -0.39 is 24.6 Å². The predicted octanol–water partition coefficient (Wildman–Crippen LogP) is 2.71. The van der Waals surface area contributed by atoms with Crippen LogP contribution in [0.25, 0.3) is 0 Å². The summed E-state index contributed by atoms with van der Waals surface area (Å²) >= 11 is 0. The third-order valence-corrected chi connectivity index (χ3v) is 3.53. The molecule has 0 aliphatic heterocycles. The smallest absolute Gasteiger partial charge is 0.347 e. The standard InChI is InChI=1S/C20H18N2O5/c1-13(23)16-4-3-5-17(10-16)22-19(24)12-26-20(25)14(2)27-18-8-6-15(11-21)7-9-18/h3-10,14H,12H2,1-2H3,(H,22,24)/t14-/m0/s1. The number of ether oxygens (including phenoxy) is 2. The van der Waals surface area contributed by atoms with Gasteiger partial charge < -0.3 is 14.8 Å². The number of esters is 1. The van der Waals surface area contributed by atoms with Gasteiger partial charge in [0.05, 0.1) is 11.6 Å². The number of hydrogen-bond acceptors (Lipinski definition) is 6. The van der Waals surface area contributed by atoms with Gasteiger partial charge in [-0.25, -0.2) is 4.79 Å². The van der Waals surface area contributed by atoms with E-state index in [1.807, 2.05) is 6.07 Å². The Kier molecular flexibility index (Phi) is 6.67. The number of anilines is 1. The lowest BCUT2D eigenvalue weighted by atomic mass is 10.1.